The molecule has 0 aromatic heterocycles. The molecule has 20 heavy (non-hydrogen) atoms. The van der Waals surface area contributed by atoms with E-state index >= 15 is 0 Å². The lowest BCUT2D eigenvalue weighted by atomic mass is 9.74. The first kappa shape index (κ1) is 13.6. The van der Waals surface area contributed by atoms with Crippen LogP contribution in [0.5, 0.6) is 0 Å². The number of amides is 1. The van der Waals surface area contributed by atoms with Crippen LogP contribution in [0.3, 0.4) is 0 Å². The maximum atomic E-state index is 12.8. The molecule has 2 heterocycles. The monoisotopic (exact) mass is 272 g/mol. The van der Waals surface area contributed by atoms with Crippen molar-refractivity contribution in [2.45, 2.75) is 32.6 Å². The lowest BCUT2D eigenvalue weighted by Gasteiger charge is -2.45. The fourth-order valence-electron chi connectivity index (χ4n) is 3.74. The van der Waals surface area contributed by atoms with Gasteiger partial charge in [0, 0.05) is 30.6 Å². The number of hydrogen-bond donors (Lipinski definition) is 1. The number of nitrogens with zero attached hydrogens (tertiary/aromatic N) is 1. The zero-order valence-electron chi connectivity index (χ0n) is 12.3. The Morgan fingerprint density at radius 3 is 2.80 bits per heavy atom. The maximum Gasteiger partial charge on any atom is 0.254 e. The van der Waals surface area contributed by atoms with Crippen LogP contribution >= 0.6 is 0 Å². The van der Waals surface area contributed by atoms with Gasteiger partial charge in [0.05, 0.1) is 0 Å². The number of likely N-dealkylation sites (tertiary alicyclic amines) is 1. The van der Waals surface area contributed by atoms with Crippen molar-refractivity contribution >= 4 is 5.91 Å². The molecule has 0 aliphatic carbocycles. The second-order valence-electron chi connectivity index (χ2n) is 6.43. The van der Waals surface area contributed by atoms with E-state index in [4.69, 9.17) is 0 Å². The van der Waals surface area contributed by atoms with Crippen molar-refractivity contribution in [1.82, 2.24) is 10.2 Å². The summed E-state index contributed by atoms with van der Waals surface area (Å²) >= 11 is 0. The highest BCUT2D eigenvalue weighted by Crippen LogP contribution is 2.36. The van der Waals surface area contributed by atoms with Gasteiger partial charge in [-0.15, -0.1) is 0 Å². The predicted octanol–water partition coefficient (Wildman–Crippen LogP) is 2.60. The second-order valence-corrected chi connectivity index (χ2v) is 6.43. The van der Waals surface area contributed by atoms with Gasteiger partial charge < -0.3 is 10.2 Å². The molecule has 1 spiro atoms. The number of carbonyl (C=O) groups excluding carboxylic acids is 1. The average molecular weight is 272 g/mol. The summed E-state index contributed by atoms with van der Waals surface area (Å²) in [6, 6.07) is 7.93. The highest BCUT2D eigenvalue weighted by atomic mass is 16.2. The molecule has 1 aromatic rings. The van der Waals surface area contributed by atoms with Crippen LogP contribution in [0, 0.1) is 12.3 Å². The van der Waals surface area contributed by atoms with Crippen molar-refractivity contribution < 1.29 is 4.79 Å². The molecule has 108 valence electrons. The van der Waals surface area contributed by atoms with Crippen LogP contribution in [0.1, 0.15) is 41.6 Å². The number of piperidine rings is 2. The number of hydrogen-bond acceptors (Lipinski definition) is 2. The second kappa shape index (κ2) is 5.57. The fraction of sp³-hybridized carbons (Fsp3) is 0.588. The molecular formula is C17H24N2O. The first-order valence-electron chi connectivity index (χ1n) is 7.76. The van der Waals surface area contributed by atoms with E-state index in [0.29, 0.717) is 5.41 Å². The van der Waals surface area contributed by atoms with Gasteiger partial charge in [-0.2, -0.15) is 0 Å². The minimum atomic E-state index is 0.216. The zero-order valence-corrected chi connectivity index (χ0v) is 12.3. The van der Waals surface area contributed by atoms with E-state index in [1.807, 2.05) is 31.2 Å². The number of aryl methyl sites for hydroxylation is 1. The van der Waals surface area contributed by atoms with Crippen LogP contribution < -0.4 is 5.32 Å². The van der Waals surface area contributed by atoms with Gasteiger partial charge in [0.25, 0.3) is 5.91 Å². The summed E-state index contributed by atoms with van der Waals surface area (Å²) in [5.74, 6) is 0.216. The molecule has 0 unspecified atom stereocenters. The van der Waals surface area contributed by atoms with Crippen LogP contribution in [-0.4, -0.2) is 37.0 Å². The summed E-state index contributed by atoms with van der Waals surface area (Å²) < 4.78 is 0. The Bertz CT molecular complexity index is 486. The fourth-order valence-corrected chi connectivity index (χ4v) is 3.74. The molecule has 2 saturated heterocycles. The van der Waals surface area contributed by atoms with Gasteiger partial charge in [-0.05, 0) is 50.8 Å². The topological polar surface area (TPSA) is 32.3 Å². The standard InChI is InChI=1S/C17H24N2O/c1-14-6-2-3-7-15(14)16(20)19-11-5-9-17(13-19)8-4-10-18-12-17/h2-3,6-7,18H,4-5,8-13H2,1H3/t17-/m0/s1. The molecule has 0 bridgehead atoms. The molecule has 0 saturated carbocycles. The third kappa shape index (κ3) is 2.59. The molecule has 1 N–H and O–H groups in total. The molecule has 1 atom stereocenters. The Balaban J connectivity index is 1.77. The van der Waals surface area contributed by atoms with Gasteiger partial charge in [-0.3, -0.25) is 4.79 Å². The van der Waals surface area contributed by atoms with E-state index in [1.54, 1.807) is 0 Å². The number of nitrogens with one attached hydrogen (secondary N) is 1. The van der Waals surface area contributed by atoms with E-state index in [-0.39, 0.29) is 5.91 Å². The molecule has 1 amide bonds. The van der Waals surface area contributed by atoms with Crippen LogP contribution in [0.25, 0.3) is 0 Å². The molecular weight excluding hydrogens is 248 g/mol. The van der Waals surface area contributed by atoms with E-state index in [1.165, 1.54) is 19.3 Å². The van der Waals surface area contributed by atoms with Crippen LogP contribution in [-0.2, 0) is 0 Å². The largest absolute Gasteiger partial charge is 0.338 e. The minimum Gasteiger partial charge on any atom is -0.338 e. The molecule has 1 aromatic carbocycles. The predicted molar refractivity (Wildman–Crippen MR) is 80.9 cm³/mol. The molecule has 2 fully saturated rings. The molecule has 3 rings (SSSR count). The summed E-state index contributed by atoms with van der Waals surface area (Å²) in [4.78, 5) is 14.8. The van der Waals surface area contributed by atoms with E-state index in [0.717, 1.165) is 43.7 Å². The first-order chi connectivity index (χ1) is 9.70. The highest BCUT2D eigenvalue weighted by molar-refractivity contribution is 5.95. The van der Waals surface area contributed by atoms with Gasteiger partial charge in [0.2, 0.25) is 0 Å². The molecule has 0 radical (unpaired) electrons. The summed E-state index contributed by atoms with van der Waals surface area (Å²) in [6.45, 7) is 6.06. The van der Waals surface area contributed by atoms with Crippen LogP contribution in [0.2, 0.25) is 0 Å². The Kier molecular flexibility index (Phi) is 3.79. The van der Waals surface area contributed by atoms with Crippen molar-refractivity contribution in [3.63, 3.8) is 0 Å². The van der Waals surface area contributed by atoms with Gasteiger partial charge in [-0.25, -0.2) is 0 Å². The van der Waals surface area contributed by atoms with Crippen molar-refractivity contribution in [3.8, 4) is 0 Å². The SMILES string of the molecule is Cc1ccccc1C(=O)N1CCC[C@]2(CCCNC2)C1. The highest BCUT2D eigenvalue weighted by Gasteiger charge is 2.38. The minimum absolute atomic E-state index is 0.216. The van der Waals surface area contributed by atoms with Crippen molar-refractivity contribution in [2.75, 3.05) is 26.2 Å². The lowest BCUT2D eigenvalue weighted by molar-refractivity contribution is 0.0433. The molecule has 3 nitrogen and oxygen atoms in total. The van der Waals surface area contributed by atoms with Crippen molar-refractivity contribution in [3.05, 3.63) is 35.4 Å². The maximum absolute atomic E-state index is 12.8. The lowest BCUT2D eigenvalue weighted by Crippen LogP contribution is -2.52. The van der Waals surface area contributed by atoms with E-state index < -0.39 is 0 Å². The van der Waals surface area contributed by atoms with Crippen molar-refractivity contribution in [2.24, 2.45) is 5.41 Å². The van der Waals surface area contributed by atoms with Crippen molar-refractivity contribution in [1.29, 1.82) is 0 Å². The summed E-state index contributed by atoms with van der Waals surface area (Å²) in [6.07, 6.45) is 4.90. The van der Waals surface area contributed by atoms with Crippen LogP contribution in [0.15, 0.2) is 24.3 Å². The smallest absolute Gasteiger partial charge is 0.254 e. The quantitative estimate of drug-likeness (QED) is 0.852. The Labute approximate surface area is 121 Å². The zero-order chi connectivity index (χ0) is 14.0. The number of rotatable bonds is 1. The average Bonchev–Trinajstić information content (AvgIpc) is 2.48. The number of carbonyl (C=O) groups is 1. The summed E-state index contributed by atoms with van der Waals surface area (Å²) in [5, 5.41) is 3.52. The van der Waals surface area contributed by atoms with E-state index in [2.05, 4.69) is 10.2 Å². The number of benzene rings is 1. The Hall–Kier alpha value is -1.35. The molecule has 2 aliphatic heterocycles. The Morgan fingerprint density at radius 2 is 2.05 bits per heavy atom. The van der Waals surface area contributed by atoms with Crippen LogP contribution in [0.4, 0.5) is 0 Å². The van der Waals surface area contributed by atoms with Gasteiger partial charge in [0.15, 0.2) is 0 Å². The molecule has 2 aliphatic rings. The first-order valence-corrected chi connectivity index (χ1v) is 7.76. The summed E-state index contributed by atoms with van der Waals surface area (Å²) in [7, 11) is 0. The Morgan fingerprint density at radius 1 is 1.25 bits per heavy atom. The van der Waals surface area contributed by atoms with Gasteiger partial charge in [-0.1, -0.05) is 18.2 Å². The van der Waals surface area contributed by atoms with E-state index in [9.17, 15) is 4.79 Å². The summed E-state index contributed by atoms with van der Waals surface area (Å²) in [5.41, 5.74) is 2.28. The normalized spacial score (nSPS) is 26.8. The third-order valence-corrected chi connectivity index (χ3v) is 4.88. The van der Waals surface area contributed by atoms with Gasteiger partial charge >= 0.3 is 0 Å². The third-order valence-electron chi connectivity index (χ3n) is 4.88. The van der Waals surface area contributed by atoms with Gasteiger partial charge in [0.1, 0.15) is 0 Å². The molecule has 3 heteroatoms.